The number of benzene rings is 1. The fourth-order valence-electron chi connectivity index (χ4n) is 2.24. The molecule has 3 rings (SSSR count). The van der Waals surface area contributed by atoms with Crippen LogP contribution in [0.4, 0.5) is 11.5 Å². The van der Waals surface area contributed by atoms with Crippen molar-refractivity contribution in [1.82, 2.24) is 4.98 Å². The van der Waals surface area contributed by atoms with Crippen LogP contribution >= 0.6 is 11.6 Å². The number of ether oxygens (including phenoxy) is 1. The van der Waals surface area contributed by atoms with Gasteiger partial charge < -0.3 is 15.4 Å². The molecule has 7 heteroatoms. The fraction of sp³-hybridized carbons (Fsp3) is 0.235. The van der Waals surface area contributed by atoms with Gasteiger partial charge in [-0.05, 0) is 31.0 Å². The van der Waals surface area contributed by atoms with Crippen LogP contribution in [0.2, 0.25) is 5.02 Å². The number of anilines is 2. The van der Waals surface area contributed by atoms with Gasteiger partial charge >= 0.3 is 0 Å². The van der Waals surface area contributed by atoms with Crippen LogP contribution in [-0.4, -0.2) is 23.9 Å². The Bertz CT molecular complexity index is 790. The van der Waals surface area contributed by atoms with Gasteiger partial charge in [-0.1, -0.05) is 17.7 Å². The lowest BCUT2D eigenvalue weighted by Crippen LogP contribution is -2.16. The number of hydrogen-bond acceptors (Lipinski definition) is 4. The maximum Gasteiger partial charge on any atom is 0.260 e. The molecule has 1 aromatic heterocycles. The highest BCUT2D eigenvalue weighted by Crippen LogP contribution is 2.30. The second kappa shape index (κ2) is 6.88. The first-order chi connectivity index (χ1) is 11.6. The molecule has 0 spiro atoms. The Kier molecular flexibility index (Phi) is 4.66. The van der Waals surface area contributed by atoms with Crippen molar-refractivity contribution < 1.29 is 14.3 Å². The van der Waals surface area contributed by atoms with Crippen molar-refractivity contribution in [3.63, 3.8) is 0 Å². The third-order valence-electron chi connectivity index (χ3n) is 3.64. The zero-order valence-electron chi connectivity index (χ0n) is 13.0. The molecule has 124 valence electrons. The monoisotopic (exact) mass is 345 g/mol. The van der Waals surface area contributed by atoms with Crippen LogP contribution < -0.4 is 15.4 Å². The van der Waals surface area contributed by atoms with Gasteiger partial charge in [-0.15, -0.1) is 0 Å². The SMILES string of the molecule is COc1cccc(Cl)c1C(=O)Nc1ccnc(NC(=O)C2CC2)c1. The first kappa shape index (κ1) is 16.3. The average Bonchev–Trinajstić information content (AvgIpc) is 3.39. The Labute approximate surface area is 144 Å². The van der Waals surface area contributed by atoms with Crippen molar-refractivity contribution in [3.05, 3.63) is 47.1 Å². The smallest absolute Gasteiger partial charge is 0.260 e. The van der Waals surface area contributed by atoms with E-state index in [1.165, 1.54) is 13.3 Å². The van der Waals surface area contributed by atoms with Gasteiger partial charge in [0.1, 0.15) is 17.1 Å². The standard InChI is InChI=1S/C17H16ClN3O3/c1-24-13-4-2-3-12(18)15(13)17(23)20-11-7-8-19-14(9-11)21-16(22)10-5-6-10/h2-4,7-10H,5-6H2,1H3,(H2,19,20,21,22,23). The summed E-state index contributed by atoms with van der Waals surface area (Å²) in [5.74, 6) is 0.423. The number of amides is 2. The van der Waals surface area contributed by atoms with Gasteiger partial charge in [0.25, 0.3) is 5.91 Å². The van der Waals surface area contributed by atoms with E-state index in [1.807, 2.05) is 0 Å². The summed E-state index contributed by atoms with van der Waals surface area (Å²) in [4.78, 5) is 28.4. The van der Waals surface area contributed by atoms with Gasteiger partial charge in [0.2, 0.25) is 5.91 Å². The molecule has 0 bridgehead atoms. The van der Waals surface area contributed by atoms with E-state index in [2.05, 4.69) is 15.6 Å². The molecule has 1 heterocycles. The lowest BCUT2D eigenvalue weighted by atomic mass is 10.2. The number of halogens is 1. The van der Waals surface area contributed by atoms with E-state index < -0.39 is 5.91 Å². The van der Waals surface area contributed by atoms with Crippen molar-refractivity contribution in [1.29, 1.82) is 0 Å². The molecular formula is C17H16ClN3O3. The summed E-state index contributed by atoms with van der Waals surface area (Å²) in [6.45, 7) is 0. The summed E-state index contributed by atoms with van der Waals surface area (Å²) < 4.78 is 5.18. The summed E-state index contributed by atoms with van der Waals surface area (Å²) in [6.07, 6.45) is 3.34. The molecule has 0 unspecified atom stereocenters. The number of methoxy groups -OCH3 is 1. The third kappa shape index (κ3) is 3.65. The first-order valence-corrected chi connectivity index (χ1v) is 7.87. The molecule has 1 fully saturated rings. The number of rotatable bonds is 5. The van der Waals surface area contributed by atoms with Crippen LogP contribution in [0.15, 0.2) is 36.5 Å². The Hall–Kier alpha value is -2.60. The molecular weight excluding hydrogens is 330 g/mol. The normalized spacial score (nSPS) is 13.2. The summed E-state index contributed by atoms with van der Waals surface area (Å²) in [6, 6.07) is 8.22. The van der Waals surface area contributed by atoms with E-state index in [9.17, 15) is 9.59 Å². The number of nitrogens with one attached hydrogen (secondary N) is 2. The molecule has 1 aliphatic carbocycles. The Morgan fingerprint density at radius 3 is 2.75 bits per heavy atom. The van der Waals surface area contributed by atoms with Crippen LogP contribution in [0, 0.1) is 5.92 Å². The largest absolute Gasteiger partial charge is 0.496 e. The molecule has 0 aliphatic heterocycles. The van der Waals surface area contributed by atoms with Crippen molar-refractivity contribution in [3.8, 4) is 5.75 Å². The Morgan fingerprint density at radius 1 is 1.25 bits per heavy atom. The zero-order chi connectivity index (χ0) is 17.1. The lowest BCUT2D eigenvalue weighted by molar-refractivity contribution is -0.117. The first-order valence-electron chi connectivity index (χ1n) is 7.49. The highest BCUT2D eigenvalue weighted by molar-refractivity contribution is 6.35. The second-order valence-corrected chi connectivity index (χ2v) is 5.87. The number of carbonyl (C=O) groups is 2. The number of nitrogens with zero attached hydrogens (tertiary/aromatic N) is 1. The average molecular weight is 346 g/mol. The molecule has 2 N–H and O–H groups in total. The van der Waals surface area contributed by atoms with Crippen molar-refractivity contribution in [2.75, 3.05) is 17.7 Å². The van der Waals surface area contributed by atoms with Crippen molar-refractivity contribution >= 4 is 34.9 Å². The van der Waals surface area contributed by atoms with Crippen LogP contribution in [0.1, 0.15) is 23.2 Å². The van der Waals surface area contributed by atoms with Crippen molar-refractivity contribution in [2.24, 2.45) is 5.92 Å². The lowest BCUT2D eigenvalue weighted by Gasteiger charge is -2.11. The molecule has 0 atom stereocenters. The zero-order valence-corrected chi connectivity index (χ0v) is 13.8. The Morgan fingerprint density at radius 2 is 2.04 bits per heavy atom. The van der Waals surface area contributed by atoms with Gasteiger partial charge in [-0.3, -0.25) is 9.59 Å². The molecule has 1 saturated carbocycles. The number of carbonyl (C=O) groups excluding carboxylic acids is 2. The Balaban J connectivity index is 1.76. The topological polar surface area (TPSA) is 80.3 Å². The predicted molar refractivity (Wildman–Crippen MR) is 91.5 cm³/mol. The van der Waals surface area contributed by atoms with E-state index in [4.69, 9.17) is 16.3 Å². The molecule has 24 heavy (non-hydrogen) atoms. The molecule has 1 aliphatic rings. The van der Waals surface area contributed by atoms with E-state index in [0.717, 1.165) is 12.8 Å². The number of aromatic nitrogens is 1. The van der Waals surface area contributed by atoms with Crippen LogP contribution in [0.3, 0.4) is 0 Å². The molecule has 0 saturated heterocycles. The van der Waals surface area contributed by atoms with E-state index >= 15 is 0 Å². The van der Waals surface area contributed by atoms with Gasteiger partial charge in [-0.2, -0.15) is 0 Å². The van der Waals surface area contributed by atoms with E-state index in [0.29, 0.717) is 22.3 Å². The van der Waals surface area contributed by atoms with E-state index in [-0.39, 0.29) is 17.4 Å². The van der Waals surface area contributed by atoms with Crippen LogP contribution in [0.5, 0.6) is 5.75 Å². The molecule has 0 radical (unpaired) electrons. The molecule has 2 aromatic rings. The highest BCUT2D eigenvalue weighted by Gasteiger charge is 2.29. The van der Waals surface area contributed by atoms with Gasteiger partial charge in [-0.25, -0.2) is 4.98 Å². The highest BCUT2D eigenvalue weighted by atomic mass is 35.5. The second-order valence-electron chi connectivity index (χ2n) is 5.46. The predicted octanol–water partition coefficient (Wildman–Crippen LogP) is 3.34. The van der Waals surface area contributed by atoms with Crippen LogP contribution in [-0.2, 0) is 4.79 Å². The summed E-state index contributed by atoms with van der Waals surface area (Å²) in [7, 11) is 1.47. The summed E-state index contributed by atoms with van der Waals surface area (Å²) in [5.41, 5.74) is 0.755. The minimum Gasteiger partial charge on any atom is -0.496 e. The molecule has 2 amide bonds. The molecule has 6 nitrogen and oxygen atoms in total. The molecule has 1 aromatic carbocycles. The maximum absolute atomic E-state index is 12.5. The van der Waals surface area contributed by atoms with E-state index in [1.54, 1.807) is 30.3 Å². The minimum atomic E-state index is -0.400. The van der Waals surface area contributed by atoms with Gasteiger partial charge in [0, 0.05) is 23.9 Å². The third-order valence-corrected chi connectivity index (χ3v) is 3.95. The maximum atomic E-state index is 12.5. The summed E-state index contributed by atoms with van der Waals surface area (Å²) in [5, 5.41) is 5.77. The van der Waals surface area contributed by atoms with Gasteiger partial charge in [0.05, 0.1) is 12.1 Å². The minimum absolute atomic E-state index is 0.0428. The van der Waals surface area contributed by atoms with Crippen LogP contribution in [0.25, 0.3) is 0 Å². The summed E-state index contributed by atoms with van der Waals surface area (Å²) >= 11 is 6.10. The quantitative estimate of drug-likeness (QED) is 0.870. The van der Waals surface area contributed by atoms with Gasteiger partial charge in [0.15, 0.2) is 0 Å². The van der Waals surface area contributed by atoms with Crippen molar-refractivity contribution in [2.45, 2.75) is 12.8 Å². The fourth-order valence-corrected chi connectivity index (χ4v) is 2.49. The number of pyridine rings is 1. The number of hydrogen-bond donors (Lipinski definition) is 2.